The lowest BCUT2D eigenvalue weighted by Crippen LogP contribution is -2.58. The molecule has 0 radical (unpaired) electrons. The van der Waals surface area contributed by atoms with Gasteiger partial charge in [0.05, 0.1) is 0 Å². The Labute approximate surface area is 91.1 Å². The third-order valence-electron chi connectivity index (χ3n) is 2.75. The molecule has 2 heterocycles. The second-order valence-corrected chi connectivity index (χ2v) is 4.28. The van der Waals surface area contributed by atoms with Gasteiger partial charge in [-0.2, -0.15) is 0 Å². The van der Waals surface area contributed by atoms with Crippen LogP contribution in [0.25, 0.3) is 0 Å². The summed E-state index contributed by atoms with van der Waals surface area (Å²) < 4.78 is 4.56. The smallest absolute Gasteiger partial charge is 0.367 e. The van der Waals surface area contributed by atoms with Crippen molar-refractivity contribution in [3.8, 4) is 0 Å². The van der Waals surface area contributed by atoms with Crippen molar-refractivity contribution in [2.75, 3.05) is 0 Å². The van der Waals surface area contributed by atoms with Crippen LogP contribution >= 0.6 is 0 Å². The molecule has 15 heavy (non-hydrogen) atoms. The van der Waals surface area contributed by atoms with Gasteiger partial charge in [-0.3, -0.25) is 0 Å². The minimum Gasteiger partial charge on any atom is -0.367 e. The topological polar surface area (TPSA) is 7.76 Å². The number of hydrogen-bond donors (Lipinski definition) is 0. The van der Waals surface area contributed by atoms with Gasteiger partial charge in [0.1, 0.15) is 24.8 Å². The summed E-state index contributed by atoms with van der Waals surface area (Å²) in [7, 11) is -0.303. The van der Waals surface area contributed by atoms with Crippen molar-refractivity contribution < 1.29 is 8.96 Å². The molecule has 0 saturated carbocycles. The largest absolute Gasteiger partial charge is 0.526 e. The van der Waals surface area contributed by atoms with Crippen LogP contribution in [0.1, 0.15) is 11.1 Å². The highest BCUT2D eigenvalue weighted by Crippen LogP contribution is 1.89. The van der Waals surface area contributed by atoms with E-state index < -0.39 is 0 Å². The molecule has 0 N–H and O–H groups in total. The lowest BCUT2D eigenvalue weighted by molar-refractivity contribution is -0.659. The van der Waals surface area contributed by atoms with Crippen molar-refractivity contribution in [3.05, 3.63) is 60.2 Å². The molecule has 0 spiro atoms. The maximum absolute atomic E-state index is 2.28. The van der Waals surface area contributed by atoms with Crippen LogP contribution in [-0.4, -0.2) is 7.55 Å². The molecule has 2 aromatic heterocycles. The van der Waals surface area contributed by atoms with Crippen LogP contribution in [0, 0.1) is 13.8 Å². The molecule has 0 aromatic carbocycles. The van der Waals surface area contributed by atoms with E-state index in [2.05, 4.69) is 71.9 Å². The van der Waals surface area contributed by atoms with Gasteiger partial charge in [0.25, 0.3) is 0 Å². The molecule has 0 unspecified atom stereocenters. The van der Waals surface area contributed by atoms with Crippen molar-refractivity contribution in [2.24, 2.45) is 0 Å². The standard InChI is InChI=1S/C12H16BN2/c1-11-3-7-14(8-4-11)13-15-9-5-12(2)6-10-15/h3-10H,13H2,1-2H3/q+1. The molecule has 0 fully saturated rings. The number of hydrogen-bond acceptors (Lipinski definition) is 0. The molecule has 0 aliphatic carbocycles. The summed E-state index contributed by atoms with van der Waals surface area (Å²) in [6, 6.07) is 8.60. The van der Waals surface area contributed by atoms with E-state index in [4.69, 9.17) is 0 Å². The zero-order valence-electron chi connectivity index (χ0n) is 9.51. The Morgan fingerprint density at radius 1 is 0.733 bits per heavy atom. The summed E-state index contributed by atoms with van der Waals surface area (Å²) in [5, 5.41) is 0. The Bertz CT molecular complexity index is 391. The van der Waals surface area contributed by atoms with Gasteiger partial charge in [0, 0.05) is 24.3 Å². The Kier molecular flexibility index (Phi) is 2.81. The fraction of sp³-hybridized carbons (Fsp3) is 0.167. The Morgan fingerprint density at radius 2 is 1.07 bits per heavy atom. The van der Waals surface area contributed by atoms with Crippen molar-refractivity contribution in [2.45, 2.75) is 13.8 Å². The SMILES string of the molecule is Cc1cc[n+]([BH2-][n+]2ccc(C)cc2)cc1. The van der Waals surface area contributed by atoms with Crippen LogP contribution < -0.4 is 8.96 Å². The quantitative estimate of drug-likeness (QED) is 0.613. The van der Waals surface area contributed by atoms with Crippen molar-refractivity contribution in [3.63, 3.8) is 0 Å². The van der Waals surface area contributed by atoms with E-state index in [9.17, 15) is 0 Å². The molecule has 0 saturated heterocycles. The van der Waals surface area contributed by atoms with E-state index in [0.29, 0.717) is 0 Å². The Morgan fingerprint density at radius 3 is 1.40 bits per heavy atom. The molecule has 3 heteroatoms. The molecule has 2 aromatic rings. The molecule has 76 valence electrons. The van der Waals surface area contributed by atoms with E-state index in [1.807, 2.05) is 0 Å². The molecule has 0 aliphatic rings. The van der Waals surface area contributed by atoms with Gasteiger partial charge < -0.3 is 8.96 Å². The van der Waals surface area contributed by atoms with Gasteiger partial charge in [-0.1, -0.05) is 0 Å². The third-order valence-corrected chi connectivity index (χ3v) is 2.75. The molecule has 2 rings (SSSR count). The molecule has 0 amide bonds. The molecular weight excluding hydrogens is 183 g/mol. The first-order valence-corrected chi connectivity index (χ1v) is 5.42. The second-order valence-electron chi connectivity index (χ2n) is 4.28. The van der Waals surface area contributed by atoms with Crippen LogP contribution in [0.15, 0.2) is 49.1 Å². The number of pyridine rings is 2. The highest BCUT2D eigenvalue weighted by molar-refractivity contribution is 6.11. The van der Waals surface area contributed by atoms with Gasteiger partial charge in [-0.15, -0.1) is 0 Å². The first kappa shape index (κ1) is 9.90. The van der Waals surface area contributed by atoms with Crippen LogP contribution in [0.3, 0.4) is 0 Å². The van der Waals surface area contributed by atoms with Crippen LogP contribution in [0.2, 0.25) is 0 Å². The molecular formula is C12H16BN2+. The second kappa shape index (κ2) is 4.26. The van der Waals surface area contributed by atoms with Crippen molar-refractivity contribution in [1.29, 1.82) is 0 Å². The van der Waals surface area contributed by atoms with Gasteiger partial charge in [0.2, 0.25) is 0 Å². The van der Waals surface area contributed by atoms with Crippen LogP contribution in [0.4, 0.5) is 0 Å². The maximum atomic E-state index is 2.28. The Balaban J connectivity index is 2.15. The number of aryl methyl sites for hydroxylation is 2. The predicted octanol–water partition coefficient (Wildman–Crippen LogP) is 0.274. The highest BCUT2D eigenvalue weighted by atomic mass is 15.0. The summed E-state index contributed by atoms with van der Waals surface area (Å²) >= 11 is 0. The lowest BCUT2D eigenvalue weighted by Gasteiger charge is -2.02. The van der Waals surface area contributed by atoms with Crippen molar-refractivity contribution >= 4 is 7.55 Å². The number of nitrogens with zero attached hydrogens (tertiary/aromatic N) is 2. The normalized spacial score (nSPS) is 10.3. The maximum Gasteiger partial charge on any atom is 0.526 e. The summed E-state index contributed by atoms with van der Waals surface area (Å²) in [4.78, 5) is 0. The molecule has 2 nitrogen and oxygen atoms in total. The first-order chi connectivity index (χ1) is 7.24. The van der Waals surface area contributed by atoms with Gasteiger partial charge in [-0.05, 0) is 25.0 Å². The van der Waals surface area contributed by atoms with Crippen LogP contribution in [0.5, 0.6) is 0 Å². The molecule has 0 atom stereocenters. The van der Waals surface area contributed by atoms with E-state index in [-0.39, 0.29) is 7.55 Å². The predicted molar refractivity (Wildman–Crippen MR) is 62.1 cm³/mol. The highest BCUT2D eigenvalue weighted by Gasteiger charge is 2.01. The minimum absolute atomic E-state index is 0.303. The van der Waals surface area contributed by atoms with Gasteiger partial charge in [-0.25, -0.2) is 0 Å². The minimum atomic E-state index is -0.303. The summed E-state index contributed by atoms with van der Waals surface area (Å²) in [5.74, 6) is 0. The van der Waals surface area contributed by atoms with E-state index in [0.717, 1.165) is 0 Å². The number of rotatable bonds is 2. The monoisotopic (exact) mass is 199 g/mol. The first-order valence-electron chi connectivity index (χ1n) is 5.42. The van der Waals surface area contributed by atoms with E-state index >= 15 is 0 Å². The fourth-order valence-corrected chi connectivity index (χ4v) is 1.68. The Hall–Kier alpha value is -1.64. The van der Waals surface area contributed by atoms with E-state index in [1.165, 1.54) is 11.1 Å². The van der Waals surface area contributed by atoms with Crippen molar-refractivity contribution in [1.82, 2.24) is 0 Å². The average molecular weight is 199 g/mol. The van der Waals surface area contributed by atoms with Gasteiger partial charge >= 0.3 is 7.55 Å². The average Bonchev–Trinajstić information content (AvgIpc) is 2.25. The van der Waals surface area contributed by atoms with E-state index in [1.54, 1.807) is 0 Å². The lowest BCUT2D eigenvalue weighted by atomic mass is 10.1. The van der Waals surface area contributed by atoms with Gasteiger partial charge in [0.15, 0.2) is 0 Å². The number of aromatic nitrogens is 2. The van der Waals surface area contributed by atoms with Crippen LogP contribution in [-0.2, 0) is 0 Å². The molecule has 0 aliphatic heterocycles. The summed E-state index contributed by atoms with van der Waals surface area (Å²) in [6.45, 7) is 4.23. The zero-order valence-corrected chi connectivity index (χ0v) is 9.51. The summed E-state index contributed by atoms with van der Waals surface area (Å²) in [5.41, 5.74) is 2.62. The third kappa shape index (κ3) is 2.66. The molecule has 0 bridgehead atoms. The fourth-order valence-electron chi connectivity index (χ4n) is 1.68. The summed E-state index contributed by atoms with van der Waals surface area (Å²) in [6.07, 6.45) is 8.62. The zero-order chi connectivity index (χ0) is 10.7.